The first-order valence-corrected chi connectivity index (χ1v) is 14.2. The lowest BCUT2D eigenvalue weighted by molar-refractivity contribution is -0.140. The summed E-state index contributed by atoms with van der Waals surface area (Å²) in [5, 5.41) is 0. The van der Waals surface area contributed by atoms with Crippen LogP contribution in [-0.4, -0.2) is 5.97 Å². The predicted octanol–water partition coefficient (Wildman–Crippen LogP) is 9.05. The Morgan fingerprint density at radius 2 is 1.64 bits per heavy atom. The minimum absolute atomic E-state index is 0.0539. The zero-order valence-electron chi connectivity index (χ0n) is 22.1. The monoisotopic (exact) mass is 490 g/mol. The molecule has 36 heavy (non-hydrogen) atoms. The van der Waals surface area contributed by atoms with Gasteiger partial charge in [-0.25, -0.2) is 4.39 Å². The molecule has 2 saturated carbocycles. The molecule has 3 heteroatoms. The van der Waals surface area contributed by atoms with Gasteiger partial charge in [0.15, 0.2) is 0 Å². The molecule has 0 unspecified atom stereocenters. The second-order valence-electron chi connectivity index (χ2n) is 11.2. The van der Waals surface area contributed by atoms with Crippen LogP contribution in [0.5, 0.6) is 5.75 Å². The van der Waals surface area contributed by atoms with Gasteiger partial charge in [-0.3, -0.25) is 4.79 Å². The Morgan fingerprint density at radius 3 is 2.28 bits per heavy atom. The van der Waals surface area contributed by atoms with Crippen molar-refractivity contribution in [2.75, 3.05) is 0 Å². The SMILES string of the molecule is CC=CCCc1ccc(OC(=O)C2CCC(C3CCC(C[C@@H](C)c4ccccc4)CC3)CC2)cc1F. The van der Waals surface area contributed by atoms with Gasteiger partial charge in [0.1, 0.15) is 11.6 Å². The van der Waals surface area contributed by atoms with E-state index in [1.807, 2.05) is 19.1 Å². The quantitative estimate of drug-likeness (QED) is 0.199. The minimum atomic E-state index is -0.290. The van der Waals surface area contributed by atoms with Crippen LogP contribution in [0.25, 0.3) is 0 Å². The number of carbonyl (C=O) groups excluding carboxylic acids is 1. The van der Waals surface area contributed by atoms with E-state index in [1.165, 1.54) is 43.7 Å². The highest BCUT2D eigenvalue weighted by Crippen LogP contribution is 2.43. The molecular formula is C33H43FO2. The fraction of sp³-hybridized carbons (Fsp3) is 0.545. The third kappa shape index (κ3) is 7.31. The summed E-state index contributed by atoms with van der Waals surface area (Å²) in [5.41, 5.74) is 2.13. The van der Waals surface area contributed by atoms with E-state index < -0.39 is 0 Å². The van der Waals surface area contributed by atoms with Gasteiger partial charge in [0.05, 0.1) is 5.92 Å². The summed E-state index contributed by atoms with van der Waals surface area (Å²) in [7, 11) is 0. The van der Waals surface area contributed by atoms with E-state index in [2.05, 4.69) is 37.3 Å². The summed E-state index contributed by atoms with van der Waals surface area (Å²) in [6.45, 7) is 4.33. The maximum atomic E-state index is 14.4. The van der Waals surface area contributed by atoms with Crippen LogP contribution < -0.4 is 4.74 Å². The van der Waals surface area contributed by atoms with Crippen molar-refractivity contribution in [3.8, 4) is 5.75 Å². The lowest BCUT2D eigenvalue weighted by Gasteiger charge is -2.38. The maximum Gasteiger partial charge on any atom is 0.314 e. The second kappa shape index (κ2) is 13.2. The number of rotatable bonds is 9. The highest BCUT2D eigenvalue weighted by molar-refractivity contribution is 5.75. The summed E-state index contributed by atoms with van der Waals surface area (Å²) in [6, 6.07) is 15.8. The summed E-state index contributed by atoms with van der Waals surface area (Å²) in [5.74, 6) is 2.84. The number of benzene rings is 2. The van der Waals surface area contributed by atoms with Crippen LogP contribution in [0.15, 0.2) is 60.7 Å². The first-order chi connectivity index (χ1) is 17.5. The normalized spacial score (nSPS) is 25.5. The van der Waals surface area contributed by atoms with Gasteiger partial charge in [-0.1, -0.05) is 68.3 Å². The fourth-order valence-electron chi connectivity index (χ4n) is 6.54. The van der Waals surface area contributed by atoms with Crippen molar-refractivity contribution in [1.82, 2.24) is 0 Å². The largest absolute Gasteiger partial charge is 0.426 e. The molecular weight excluding hydrogens is 447 g/mol. The first-order valence-electron chi connectivity index (χ1n) is 14.2. The molecule has 2 aromatic carbocycles. The van der Waals surface area contributed by atoms with Gasteiger partial charge < -0.3 is 4.74 Å². The zero-order chi connectivity index (χ0) is 25.3. The molecule has 0 radical (unpaired) electrons. The summed E-state index contributed by atoms with van der Waals surface area (Å²) in [4.78, 5) is 12.8. The van der Waals surface area contributed by atoms with E-state index in [0.29, 0.717) is 23.7 Å². The number of ether oxygens (including phenoxy) is 1. The minimum Gasteiger partial charge on any atom is -0.426 e. The molecule has 1 atom stereocenters. The third-order valence-electron chi connectivity index (χ3n) is 8.78. The smallest absolute Gasteiger partial charge is 0.314 e. The van der Waals surface area contributed by atoms with E-state index in [-0.39, 0.29) is 17.7 Å². The third-order valence-corrected chi connectivity index (χ3v) is 8.78. The van der Waals surface area contributed by atoms with E-state index >= 15 is 0 Å². The van der Waals surface area contributed by atoms with Gasteiger partial charge in [-0.2, -0.15) is 0 Å². The zero-order valence-corrected chi connectivity index (χ0v) is 22.1. The van der Waals surface area contributed by atoms with E-state index in [0.717, 1.165) is 49.9 Å². The highest BCUT2D eigenvalue weighted by Gasteiger charge is 2.34. The molecule has 2 nitrogen and oxygen atoms in total. The van der Waals surface area contributed by atoms with Crippen molar-refractivity contribution >= 4 is 5.97 Å². The van der Waals surface area contributed by atoms with Gasteiger partial charge in [-0.15, -0.1) is 0 Å². The van der Waals surface area contributed by atoms with Crippen molar-refractivity contribution in [1.29, 1.82) is 0 Å². The van der Waals surface area contributed by atoms with Crippen LogP contribution in [0.1, 0.15) is 95.1 Å². The lowest BCUT2D eigenvalue weighted by atomic mass is 9.68. The van der Waals surface area contributed by atoms with Crippen molar-refractivity contribution in [3.63, 3.8) is 0 Å². The van der Waals surface area contributed by atoms with Gasteiger partial charge in [0.2, 0.25) is 0 Å². The number of hydrogen-bond donors (Lipinski definition) is 0. The number of carbonyl (C=O) groups is 1. The molecule has 0 N–H and O–H groups in total. The molecule has 0 aliphatic heterocycles. The average molecular weight is 491 g/mol. The van der Waals surface area contributed by atoms with Crippen LogP contribution in [0, 0.1) is 29.5 Å². The second-order valence-corrected chi connectivity index (χ2v) is 11.2. The van der Waals surface area contributed by atoms with Crippen LogP contribution in [0.2, 0.25) is 0 Å². The molecule has 194 valence electrons. The Labute approximate surface area is 217 Å². The number of esters is 1. The van der Waals surface area contributed by atoms with Gasteiger partial charge in [-0.05, 0) is 106 Å². The average Bonchev–Trinajstić information content (AvgIpc) is 2.91. The maximum absolute atomic E-state index is 14.4. The molecule has 0 amide bonds. The standard InChI is InChI=1S/C33H43FO2/c1-3-4-6-11-29-20-21-31(23-32(29)34)36-33(35)30-18-16-28(17-19-30)27-14-12-25(13-15-27)22-24(2)26-9-7-5-8-10-26/h3-5,7-10,20-21,23-25,27-28,30H,6,11-19,22H2,1-2H3/t24-,25?,27?,28?,30?/m1/s1. The molecule has 0 spiro atoms. The molecule has 2 aliphatic rings. The molecule has 0 saturated heterocycles. The molecule has 0 aromatic heterocycles. The van der Waals surface area contributed by atoms with Crippen LogP contribution >= 0.6 is 0 Å². The molecule has 0 bridgehead atoms. The van der Waals surface area contributed by atoms with Crippen molar-refractivity contribution in [2.24, 2.45) is 23.7 Å². The number of halogens is 1. The molecule has 0 heterocycles. The van der Waals surface area contributed by atoms with Crippen LogP contribution in [-0.2, 0) is 11.2 Å². The van der Waals surface area contributed by atoms with E-state index in [9.17, 15) is 9.18 Å². The van der Waals surface area contributed by atoms with E-state index in [1.54, 1.807) is 12.1 Å². The van der Waals surface area contributed by atoms with E-state index in [4.69, 9.17) is 4.74 Å². The molecule has 4 rings (SSSR count). The molecule has 2 aliphatic carbocycles. The first kappa shape index (κ1) is 26.6. The summed E-state index contributed by atoms with van der Waals surface area (Å²) in [6.07, 6.45) is 16.2. The Balaban J connectivity index is 1.18. The fourth-order valence-corrected chi connectivity index (χ4v) is 6.54. The Hall–Kier alpha value is -2.42. The van der Waals surface area contributed by atoms with Crippen LogP contribution in [0.4, 0.5) is 4.39 Å². The van der Waals surface area contributed by atoms with Crippen molar-refractivity contribution in [2.45, 2.75) is 90.4 Å². The van der Waals surface area contributed by atoms with Gasteiger partial charge >= 0.3 is 5.97 Å². The highest BCUT2D eigenvalue weighted by atomic mass is 19.1. The Bertz CT molecular complexity index is 982. The number of allylic oxidation sites excluding steroid dienone is 2. The lowest BCUT2D eigenvalue weighted by Crippen LogP contribution is -2.30. The Kier molecular flexibility index (Phi) is 9.78. The van der Waals surface area contributed by atoms with Gasteiger partial charge in [0, 0.05) is 6.07 Å². The predicted molar refractivity (Wildman–Crippen MR) is 146 cm³/mol. The topological polar surface area (TPSA) is 26.3 Å². The van der Waals surface area contributed by atoms with Crippen molar-refractivity contribution in [3.05, 3.63) is 77.6 Å². The number of hydrogen-bond acceptors (Lipinski definition) is 2. The van der Waals surface area contributed by atoms with Crippen LogP contribution in [0.3, 0.4) is 0 Å². The molecule has 2 aromatic rings. The summed E-state index contributed by atoms with van der Waals surface area (Å²) >= 11 is 0. The Morgan fingerprint density at radius 1 is 0.972 bits per heavy atom. The molecule has 2 fully saturated rings. The van der Waals surface area contributed by atoms with Gasteiger partial charge in [0.25, 0.3) is 0 Å². The number of aryl methyl sites for hydroxylation is 1. The summed E-state index contributed by atoms with van der Waals surface area (Å²) < 4.78 is 20.0. The van der Waals surface area contributed by atoms with Crippen molar-refractivity contribution < 1.29 is 13.9 Å².